The number of benzene rings is 3. The van der Waals surface area contributed by atoms with Crippen LogP contribution in [-0.2, 0) is 13.0 Å². The number of fused-ring (bicyclic) bond motifs is 1. The van der Waals surface area contributed by atoms with Crippen molar-refractivity contribution in [3.63, 3.8) is 0 Å². The number of ether oxygens (including phenoxy) is 1. The Kier molecular flexibility index (Phi) is 7.63. The maximum absolute atomic E-state index is 13.2. The number of aryl methyl sites for hydroxylation is 1. The first kappa shape index (κ1) is 25.0. The molecule has 0 N–H and O–H groups in total. The molecule has 3 aromatic carbocycles. The Morgan fingerprint density at radius 3 is 2.57 bits per heavy atom. The molecular weight excluding hydrogens is 604 g/mol. The third kappa shape index (κ3) is 5.61. The van der Waals surface area contributed by atoms with Gasteiger partial charge in [0.2, 0.25) is 5.75 Å². The lowest BCUT2D eigenvalue weighted by Gasteiger charge is -2.11. The fourth-order valence-corrected chi connectivity index (χ4v) is 4.34. The van der Waals surface area contributed by atoms with Crippen molar-refractivity contribution in [3.8, 4) is 5.75 Å². The van der Waals surface area contributed by atoms with Crippen LogP contribution in [-0.4, -0.2) is 20.8 Å². The molecule has 35 heavy (non-hydrogen) atoms. The molecule has 0 fully saturated rings. The lowest BCUT2D eigenvalue weighted by atomic mass is 10.2. The summed E-state index contributed by atoms with van der Waals surface area (Å²) in [5.74, 6) is 0.480. The number of nitro groups is 1. The van der Waals surface area contributed by atoms with Crippen LogP contribution in [0.3, 0.4) is 0 Å². The van der Waals surface area contributed by atoms with Gasteiger partial charge in [0.05, 0.1) is 22.0 Å². The maximum Gasteiger partial charge on any atom is 0.312 e. The average molecular weight is 621 g/mol. The van der Waals surface area contributed by atoms with Gasteiger partial charge in [-0.1, -0.05) is 62.5 Å². The molecule has 0 aliphatic heterocycles. The van der Waals surface area contributed by atoms with Gasteiger partial charge in [-0.2, -0.15) is 9.78 Å². The zero-order chi connectivity index (χ0) is 25.1. The molecule has 178 valence electrons. The van der Waals surface area contributed by atoms with E-state index in [2.05, 4.69) is 41.9 Å². The molecule has 0 aliphatic carbocycles. The first-order valence-electron chi connectivity index (χ1n) is 10.4. The molecule has 0 radical (unpaired) electrons. The topological polar surface area (TPSA) is 99.6 Å². The van der Waals surface area contributed by atoms with Crippen molar-refractivity contribution in [3.05, 3.63) is 106 Å². The molecule has 0 unspecified atom stereocenters. The number of nitro benzene ring substituents is 1. The maximum atomic E-state index is 13.2. The second-order valence-electron chi connectivity index (χ2n) is 7.42. The van der Waals surface area contributed by atoms with Crippen LogP contribution in [0, 0.1) is 10.1 Å². The Labute approximate surface area is 221 Å². The van der Waals surface area contributed by atoms with E-state index in [1.54, 1.807) is 42.5 Å². The predicted molar refractivity (Wildman–Crippen MR) is 143 cm³/mol. The van der Waals surface area contributed by atoms with E-state index in [4.69, 9.17) is 16.3 Å². The fraction of sp³-hybridized carbons (Fsp3) is 0.125. The number of hydrogen-bond donors (Lipinski definition) is 0. The Hall–Kier alpha value is -3.08. The SMILES string of the molecule is CCc1nc2ccc(Br)cc2c(=O)n1N=Cc1cc(Br)cc([N+](=O)[O-])c1OCc1ccc(Cl)cc1. The molecule has 4 rings (SSSR count). The smallest absolute Gasteiger partial charge is 0.312 e. The van der Waals surface area contributed by atoms with Crippen LogP contribution < -0.4 is 10.3 Å². The minimum atomic E-state index is -0.530. The van der Waals surface area contributed by atoms with Gasteiger partial charge in [0.15, 0.2) is 0 Å². The number of aromatic nitrogens is 2. The van der Waals surface area contributed by atoms with Gasteiger partial charge < -0.3 is 4.74 Å². The number of nitrogens with zero attached hydrogens (tertiary/aromatic N) is 4. The molecule has 11 heteroatoms. The normalized spacial score (nSPS) is 11.3. The van der Waals surface area contributed by atoms with Gasteiger partial charge in [-0.15, -0.1) is 0 Å². The summed E-state index contributed by atoms with van der Waals surface area (Å²) in [5.41, 5.74) is 1.08. The van der Waals surface area contributed by atoms with Crippen molar-refractivity contribution in [2.24, 2.45) is 5.10 Å². The summed E-state index contributed by atoms with van der Waals surface area (Å²) in [6.07, 6.45) is 1.82. The van der Waals surface area contributed by atoms with E-state index in [1.165, 1.54) is 17.0 Å². The van der Waals surface area contributed by atoms with E-state index < -0.39 is 4.92 Å². The molecule has 0 saturated heterocycles. The Balaban J connectivity index is 1.79. The van der Waals surface area contributed by atoms with Crippen LogP contribution in [0.25, 0.3) is 10.9 Å². The lowest BCUT2D eigenvalue weighted by molar-refractivity contribution is -0.386. The van der Waals surface area contributed by atoms with E-state index in [-0.39, 0.29) is 23.6 Å². The molecule has 0 spiro atoms. The van der Waals surface area contributed by atoms with E-state index in [0.29, 0.717) is 38.2 Å². The van der Waals surface area contributed by atoms with E-state index in [0.717, 1.165) is 10.0 Å². The van der Waals surface area contributed by atoms with Crippen LogP contribution >= 0.6 is 43.5 Å². The van der Waals surface area contributed by atoms with Crippen LogP contribution in [0.15, 0.2) is 73.4 Å². The quantitative estimate of drug-likeness (QED) is 0.133. The molecule has 8 nitrogen and oxygen atoms in total. The van der Waals surface area contributed by atoms with Gasteiger partial charge in [-0.3, -0.25) is 14.9 Å². The molecule has 0 bridgehead atoms. The second kappa shape index (κ2) is 10.7. The number of hydrogen-bond acceptors (Lipinski definition) is 6. The van der Waals surface area contributed by atoms with E-state index in [9.17, 15) is 14.9 Å². The van der Waals surface area contributed by atoms with Crippen molar-refractivity contribution in [2.75, 3.05) is 0 Å². The molecule has 1 aromatic heterocycles. The highest BCUT2D eigenvalue weighted by molar-refractivity contribution is 9.10. The molecule has 4 aromatic rings. The van der Waals surface area contributed by atoms with Gasteiger partial charge in [-0.25, -0.2) is 4.98 Å². The van der Waals surface area contributed by atoms with Gasteiger partial charge in [0, 0.05) is 32.0 Å². The van der Waals surface area contributed by atoms with Gasteiger partial charge >= 0.3 is 5.69 Å². The minimum absolute atomic E-state index is 0.0273. The van der Waals surface area contributed by atoms with Crippen LogP contribution in [0.2, 0.25) is 5.02 Å². The van der Waals surface area contributed by atoms with Gasteiger partial charge in [-0.05, 0) is 42.0 Å². The zero-order valence-corrected chi connectivity index (χ0v) is 22.2. The first-order valence-corrected chi connectivity index (χ1v) is 12.3. The third-order valence-electron chi connectivity index (χ3n) is 5.06. The van der Waals surface area contributed by atoms with Gasteiger partial charge in [0.1, 0.15) is 12.4 Å². The Morgan fingerprint density at radius 2 is 1.89 bits per heavy atom. The molecule has 0 atom stereocenters. The third-order valence-corrected chi connectivity index (χ3v) is 6.26. The van der Waals surface area contributed by atoms with Crippen LogP contribution in [0.4, 0.5) is 5.69 Å². The Morgan fingerprint density at radius 1 is 1.14 bits per heavy atom. The zero-order valence-electron chi connectivity index (χ0n) is 18.2. The second-order valence-corrected chi connectivity index (χ2v) is 9.69. The molecule has 0 saturated carbocycles. The number of rotatable bonds is 7. The fourth-order valence-electron chi connectivity index (χ4n) is 3.39. The van der Waals surface area contributed by atoms with Crippen molar-refractivity contribution in [1.29, 1.82) is 0 Å². The molecule has 0 amide bonds. The summed E-state index contributed by atoms with van der Waals surface area (Å²) in [6.45, 7) is 1.94. The first-order chi connectivity index (χ1) is 16.8. The molecular formula is C24H17Br2ClN4O4. The lowest BCUT2D eigenvalue weighted by Crippen LogP contribution is -2.22. The monoisotopic (exact) mass is 618 g/mol. The summed E-state index contributed by atoms with van der Waals surface area (Å²) in [4.78, 5) is 29.0. The highest BCUT2D eigenvalue weighted by Crippen LogP contribution is 2.34. The van der Waals surface area contributed by atoms with Crippen molar-refractivity contribution in [1.82, 2.24) is 9.66 Å². The van der Waals surface area contributed by atoms with Crippen molar-refractivity contribution >= 4 is 66.3 Å². The summed E-state index contributed by atoms with van der Waals surface area (Å²) in [7, 11) is 0. The van der Waals surface area contributed by atoms with Crippen LogP contribution in [0.5, 0.6) is 5.75 Å². The molecule has 1 heterocycles. The van der Waals surface area contributed by atoms with Crippen LogP contribution in [0.1, 0.15) is 23.9 Å². The van der Waals surface area contributed by atoms with E-state index >= 15 is 0 Å². The summed E-state index contributed by atoms with van der Waals surface area (Å²) in [5, 5.41) is 17.1. The summed E-state index contributed by atoms with van der Waals surface area (Å²) in [6, 6.07) is 15.2. The largest absolute Gasteiger partial charge is 0.481 e. The predicted octanol–water partition coefficient (Wildman–Crippen LogP) is 6.51. The average Bonchev–Trinajstić information content (AvgIpc) is 2.83. The Bertz CT molecular complexity index is 1520. The van der Waals surface area contributed by atoms with Gasteiger partial charge in [0.25, 0.3) is 5.56 Å². The standard InChI is InChI=1S/C24H17Br2ClN4O4/c1-2-22-29-20-8-5-16(25)10-19(20)24(32)30(22)28-12-15-9-17(26)11-21(31(33)34)23(15)35-13-14-3-6-18(27)7-4-14/h3-12H,2,13H2,1H3. The summed E-state index contributed by atoms with van der Waals surface area (Å²) >= 11 is 12.6. The highest BCUT2D eigenvalue weighted by Gasteiger charge is 2.21. The summed E-state index contributed by atoms with van der Waals surface area (Å²) < 4.78 is 8.27. The highest BCUT2D eigenvalue weighted by atomic mass is 79.9. The molecule has 0 aliphatic rings. The van der Waals surface area contributed by atoms with Crippen molar-refractivity contribution in [2.45, 2.75) is 20.0 Å². The van der Waals surface area contributed by atoms with E-state index in [1.807, 2.05) is 13.0 Å². The number of halogens is 3. The van der Waals surface area contributed by atoms with Crippen molar-refractivity contribution < 1.29 is 9.66 Å². The minimum Gasteiger partial charge on any atom is -0.481 e.